The van der Waals surface area contributed by atoms with Gasteiger partial charge in [0.2, 0.25) is 0 Å². The van der Waals surface area contributed by atoms with E-state index < -0.39 is 0 Å². The van der Waals surface area contributed by atoms with Crippen LogP contribution in [0.15, 0.2) is 41.2 Å². The lowest BCUT2D eigenvalue weighted by Gasteiger charge is -2.05. The number of thiazole rings is 1. The van der Waals surface area contributed by atoms with Gasteiger partial charge in [-0.3, -0.25) is 14.9 Å². The number of rotatable bonds is 7. The lowest BCUT2D eigenvalue weighted by molar-refractivity contribution is 0.101. The van der Waals surface area contributed by atoms with Crippen LogP contribution in [-0.2, 0) is 13.0 Å². The molecule has 0 aliphatic rings. The van der Waals surface area contributed by atoms with Crippen molar-refractivity contribution in [3.63, 3.8) is 0 Å². The Bertz CT molecular complexity index is 1020. The van der Waals surface area contributed by atoms with Gasteiger partial charge in [-0.05, 0) is 31.4 Å². The number of benzene rings is 1. The van der Waals surface area contributed by atoms with Gasteiger partial charge < -0.3 is 0 Å². The fourth-order valence-electron chi connectivity index (χ4n) is 2.94. The van der Waals surface area contributed by atoms with Crippen LogP contribution in [-0.4, -0.2) is 20.7 Å². The third kappa shape index (κ3) is 4.54. The number of nitrogens with one attached hydrogen (secondary N) is 1. The molecule has 0 unspecified atom stereocenters. The van der Waals surface area contributed by atoms with Crippen LogP contribution in [0.4, 0.5) is 5.13 Å². The minimum Gasteiger partial charge on any atom is -0.296 e. The molecule has 2 heterocycles. The molecule has 0 saturated carbocycles. The van der Waals surface area contributed by atoms with Crippen LogP contribution in [0.3, 0.4) is 0 Å². The first-order valence-electron chi connectivity index (χ1n) is 9.48. The number of hydrogen-bond acceptors (Lipinski definition) is 5. The van der Waals surface area contributed by atoms with E-state index in [-0.39, 0.29) is 17.2 Å². The highest BCUT2D eigenvalue weighted by molar-refractivity contribution is 7.16. The second kappa shape index (κ2) is 8.93. The molecular formula is C21H24N4O2S. The Morgan fingerprint density at radius 1 is 1.11 bits per heavy atom. The van der Waals surface area contributed by atoms with E-state index in [4.69, 9.17) is 0 Å². The van der Waals surface area contributed by atoms with Gasteiger partial charge >= 0.3 is 0 Å². The molecule has 7 heteroatoms. The Morgan fingerprint density at radius 2 is 1.86 bits per heavy atom. The molecule has 1 amide bonds. The van der Waals surface area contributed by atoms with E-state index in [1.807, 2.05) is 13.8 Å². The van der Waals surface area contributed by atoms with E-state index in [1.165, 1.54) is 33.7 Å². The lowest BCUT2D eigenvalue weighted by Crippen LogP contribution is -2.26. The van der Waals surface area contributed by atoms with Gasteiger partial charge in [0.25, 0.3) is 11.5 Å². The number of aryl methyl sites for hydroxylation is 3. The number of nitrogens with zero attached hydrogens (tertiary/aromatic N) is 3. The summed E-state index contributed by atoms with van der Waals surface area (Å²) in [5, 5.41) is 7.46. The number of amides is 1. The van der Waals surface area contributed by atoms with Crippen molar-refractivity contribution in [1.82, 2.24) is 14.8 Å². The second-order valence-corrected chi connectivity index (χ2v) is 7.81. The van der Waals surface area contributed by atoms with Crippen LogP contribution in [0.1, 0.15) is 47.6 Å². The van der Waals surface area contributed by atoms with Crippen LogP contribution < -0.4 is 10.9 Å². The van der Waals surface area contributed by atoms with Gasteiger partial charge in [-0.25, -0.2) is 9.67 Å². The first-order valence-corrected chi connectivity index (χ1v) is 10.3. The van der Waals surface area contributed by atoms with E-state index in [1.54, 1.807) is 0 Å². The van der Waals surface area contributed by atoms with E-state index in [9.17, 15) is 9.59 Å². The highest BCUT2D eigenvalue weighted by Gasteiger charge is 2.15. The summed E-state index contributed by atoms with van der Waals surface area (Å²) in [6, 6.07) is 11.2. The largest absolute Gasteiger partial charge is 0.296 e. The van der Waals surface area contributed by atoms with Crippen LogP contribution >= 0.6 is 11.3 Å². The SMILES string of the molecule is CCCc1ccc(-c2nc(NC(=O)c3ccc(=O)n(CCC)n3)sc2C)cc1. The molecule has 0 aliphatic carbocycles. The summed E-state index contributed by atoms with van der Waals surface area (Å²) in [4.78, 5) is 29.9. The predicted octanol–water partition coefficient (Wildman–Crippen LogP) is 4.29. The quantitative estimate of drug-likeness (QED) is 0.646. The zero-order valence-electron chi connectivity index (χ0n) is 16.4. The molecule has 6 nitrogen and oxygen atoms in total. The first kappa shape index (κ1) is 19.9. The zero-order chi connectivity index (χ0) is 20.1. The molecule has 1 N–H and O–H groups in total. The number of carbonyl (C=O) groups excluding carboxylic acids is 1. The van der Waals surface area contributed by atoms with Crippen molar-refractivity contribution in [3.05, 3.63) is 62.9 Å². The minimum absolute atomic E-state index is 0.200. The molecule has 1 aromatic carbocycles. The molecule has 0 fully saturated rings. The summed E-state index contributed by atoms with van der Waals surface area (Å²) in [6.07, 6.45) is 2.94. The topological polar surface area (TPSA) is 76.9 Å². The lowest BCUT2D eigenvalue weighted by atomic mass is 10.1. The molecule has 3 rings (SSSR count). The van der Waals surface area contributed by atoms with E-state index in [0.717, 1.165) is 35.4 Å². The van der Waals surface area contributed by atoms with Gasteiger partial charge in [-0.1, -0.05) is 44.5 Å². The summed E-state index contributed by atoms with van der Waals surface area (Å²) in [5.41, 5.74) is 3.19. The molecular weight excluding hydrogens is 372 g/mol. The van der Waals surface area contributed by atoms with Crippen LogP contribution in [0, 0.1) is 6.92 Å². The highest BCUT2D eigenvalue weighted by atomic mass is 32.1. The zero-order valence-corrected chi connectivity index (χ0v) is 17.2. The highest BCUT2D eigenvalue weighted by Crippen LogP contribution is 2.30. The third-order valence-electron chi connectivity index (χ3n) is 4.32. The van der Waals surface area contributed by atoms with Gasteiger partial charge in [0.05, 0.1) is 5.69 Å². The number of hydrogen-bond donors (Lipinski definition) is 1. The summed E-state index contributed by atoms with van der Waals surface area (Å²) >= 11 is 1.42. The molecule has 28 heavy (non-hydrogen) atoms. The number of aromatic nitrogens is 3. The van der Waals surface area contributed by atoms with E-state index >= 15 is 0 Å². The van der Waals surface area contributed by atoms with Crippen molar-refractivity contribution < 1.29 is 4.79 Å². The molecule has 0 saturated heterocycles. The molecule has 146 valence electrons. The maximum absolute atomic E-state index is 12.5. The predicted molar refractivity (Wildman–Crippen MR) is 113 cm³/mol. The monoisotopic (exact) mass is 396 g/mol. The maximum atomic E-state index is 12.5. The number of anilines is 1. The average molecular weight is 397 g/mol. The van der Waals surface area contributed by atoms with Crippen molar-refractivity contribution in [1.29, 1.82) is 0 Å². The summed E-state index contributed by atoms with van der Waals surface area (Å²) < 4.78 is 1.31. The Kier molecular flexibility index (Phi) is 6.36. The molecule has 0 atom stereocenters. The van der Waals surface area contributed by atoms with Crippen molar-refractivity contribution in [2.75, 3.05) is 5.32 Å². The van der Waals surface area contributed by atoms with E-state index in [0.29, 0.717) is 11.7 Å². The second-order valence-electron chi connectivity index (χ2n) is 6.60. The van der Waals surface area contributed by atoms with Crippen molar-refractivity contribution in [3.8, 4) is 11.3 Å². The van der Waals surface area contributed by atoms with Crippen molar-refractivity contribution in [2.24, 2.45) is 0 Å². The van der Waals surface area contributed by atoms with Gasteiger partial charge in [0.15, 0.2) is 5.13 Å². The Balaban J connectivity index is 1.78. The summed E-state index contributed by atoms with van der Waals surface area (Å²) in [5.74, 6) is -0.372. The summed E-state index contributed by atoms with van der Waals surface area (Å²) in [7, 11) is 0. The molecule has 0 spiro atoms. The molecule has 0 aliphatic heterocycles. The third-order valence-corrected chi connectivity index (χ3v) is 5.20. The average Bonchev–Trinajstić information content (AvgIpc) is 3.04. The molecule has 3 aromatic rings. The molecule has 0 radical (unpaired) electrons. The van der Waals surface area contributed by atoms with E-state index in [2.05, 4.69) is 46.6 Å². The normalized spacial score (nSPS) is 10.8. The van der Waals surface area contributed by atoms with Crippen molar-refractivity contribution in [2.45, 2.75) is 46.6 Å². The molecule has 2 aromatic heterocycles. The van der Waals surface area contributed by atoms with Gasteiger partial charge in [0, 0.05) is 23.1 Å². The number of carbonyl (C=O) groups is 1. The minimum atomic E-state index is -0.372. The molecule has 0 bridgehead atoms. The Hall–Kier alpha value is -2.80. The fraction of sp³-hybridized carbons (Fsp3) is 0.333. The summed E-state index contributed by atoms with van der Waals surface area (Å²) in [6.45, 7) is 6.59. The van der Waals surface area contributed by atoms with Gasteiger partial charge in [-0.15, -0.1) is 11.3 Å². The Morgan fingerprint density at radius 3 is 2.54 bits per heavy atom. The van der Waals surface area contributed by atoms with Crippen LogP contribution in [0.5, 0.6) is 0 Å². The Labute approximate surface area is 168 Å². The van der Waals surface area contributed by atoms with Crippen LogP contribution in [0.25, 0.3) is 11.3 Å². The van der Waals surface area contributed by atoms with Crippen LogP contribution in [0.2, 0.25) is 0 Å². The van der Waals surface area contributed by atoms with Gasteiger partial charge in [-0.2, -0.15) is 5.10 Å². The first-order chi connectivity index (χ1) is 13.5. The standard InChI is InChI=1S/C21H24N4O2S/c1-4-6-15-7-9-16(10-8-15)19-14(3)28-21(22-19)23-20(27)17-11-12-18(26)25(24-17)13-5-2/h7-12H,4-6,13H2,1-3H3,(H,22,23,27). The smallest absolute Gasteiger partial charge is 0.277 e. The van der Waals surface area contributed by atoms with Gasteiger partial charge in [0.1, 0.15) is 5.69 Å². The fourth-order valence-corrected chi connectivity index (χ4v) is 3.77. The van der Waals surface area contributed by atoms with Crippen molar-refractivity contribution >= 4 is 22.4 Å². The maximum Gasteiger partial charge on any atom is 0.277 e.